The van der Waals surface area contributed by atoms with Crippen molar-refractivity contribution >= 4 is 5.97 Å². The van der Waals surface area contributed by atoms with Gasteiger partial charge in [0.05, 0.1) is 25.7 Å². The molecule has 1 aliphatic rings. The average molecular weight is 174 g/mol. The summed E-state index contributed by atoms with van der Waals surface area (Å²) < 4.78 is 10.4. The van der Waals surface area contributed by atoms with Gasteiger partial charge < -0.3 is 14.6 Å². The van der Waals surface area contributed by atoms with Crippen molar-refractivity contribution in [3.8, 4) is 0 Å². The molecule has 0 spiro atoms. The fourth-order valence-electron chi connectivity index (χ4n) is 1.15. The van der Waals surface area contributed by atoms with Gasteiger partial charge in [-0.2, -0.15) is 0 Å². The molecule has 0 aromatic carbocycles. The molecule has 1 atom stereocenters. The molecule has 0 aromatic rings. The predicted octanol–water partition coefficient (Wildman–Crippen LogP) is 0.657. The van der Waals surface area contributed by atoms with Gasteiger partial charge in [0.1, 0.15) is 0 Å². The summed E-state index contributed by atoms with van der Waals surface area (Å²) in [6, 6.07) is 0. The van der Waals surface area contributed by atoms with Gasteiger partial charge in [-0.3, -0.25) is 4.79 Å². The number of rotatable bonds is 5. The summed E-state index contributed by atoms with van der Waals surface area (Å²) in [5.74, 6) is -0.817. The Morgan fingerprint density at radius 1 is 1.67 bits per heavy atom. The lowest BCUT2D eigenvalue weighted by molar-refractivity contribution is -0.138. The van der Waals surface area contributed by atoms with Crippen LogP contribution < -0.4 is 0 Å². The largest absolute Gasteiger partial charge is 0.481 e. The van der Waals surface area contributed by atoms with Crippen LogP contribution >= 0.6 is 0 Å². The topological polar surface area (TPSA) is 55.8 Å². The second kappa shape index (κ2) is 5.11. The molecule has 0 unspecified atom stereocenters. The van der Waals surface area contributed by atoms with Crippen LogP contribution in [0.15, 0.2) is 0 Å². The van der Waals surface area contributed by atoms with Gasteiger partial charge in [0, 0.05) is 6.61 Å². The standard InChI is InChI=1S/C8H14O4/c9-8(10)3-5-11-6-7-2-1-4-12-7/h7H,1-6H2,(H,9,10)/t7-/m0/s1. The van der Waals surface area contributed by atoms with Gasteiger partial charge in [0.15, 0.2) is 0 Å². The molecule has 1 N–H and O–H groups in total. The van der Waals surface area contributed by atoms with E-state index in [0.29, 0.717) is 6.61 Å². The molecule has 4 nitrogen and oxygen atoms in total. The Balaban J connectivity index is 1.91. The monoisotopic (exact) mass is 174 g/mol. The van der Waals surface area contributed by atoms with Gasteiger partial charge in [0.25, 0.3) is 0 Å². The number of ether oxygens (including phenoxy) is 2. The predicted molar refractivity (Wildman–Crippen MR) is 42.0 cm³/mol. The molecule has 0 bridgehead atoms. The van der Waals surface area contributed by atoms with E-state index in [1.54, 1.807) is 0 Å². The van der Waals surface area contributed by atoms with E-state index in [2.05, 4.69) is 0 Å². The lowest BCUT2D eigenvalue weighted by Crippen LogP contribution is -2.15. The lowest BCUT2D eigenvalue weighted by atomic mass is 10.2. The summed E-state index contributed by atoms with van der Waals surface area (Å²) in [5.41, 5.74) is 0. The highest BCUT2D eigenvalue weighted by molar-refractivity contribution is 5.66. The molecular formula is C8H14O4. The highest BCUT2D eigenvalue weighted by Gasteiger charge is 2.15. The molecule has 1 rings (SSSR count). The van der Waals surface area contributed by atoms with Gasteiger partial charge in [-0.25, -0.2) is 0 Å². The number of carboxylic acid groups (broad SMARTS) is 1. The van der Waals surface area contributed by atoms with E-state index in [9.17, 15) is 4.79 Å². The van der Waals surface area contributed by atoms with Crippen molar-refractivity contribution in [2.75, 3.05) is 19.8 Å². The first-order valence-electron chi connectivity index (χ1n) is 4.20. The van der Waals surface area contributed by atoms with Crippen molar-refractivity contribution in [3.05, 3.63) is 0 Å². The first-order valence-corrected chi connectivity index (χ1v) is 4.20. The minimum absolute atomic E-state index is 0.0761. The van der Waals surface area contributed by atoms with Crippen LogP contribution in [0.25, 0.3) is 0 Å². The van der Waals surface area contributed by atoms with Crippen molar-refractivity contribution < 1.29 is 19.4 Å². The molecule has 4 heteroatoms. The molecule has 0 saturated carbocycles. The molecule has 70 valence electrons. The Hall–Kier alpha value is -0.610. The third kappa shape index (κ3) is 3.69. The van der Waals surface area contributed by atoms with Crippen molar-refractivity contribution in [2.24, 2.45) is 0 Å². The smallest absolute Gasteiger partial charge is 0.305 e. The quantitative estimate of drug-likeness (QED) is 0.622. The highest BCUT2D eigenvalue weighted by atomic mass is 16.5. The van der Waals surface area contributed by atoms with E-state index in [1.807, 2.05) is 0 Å². The minimum atomic E-state index is -0.817. The molecule has 0 aliphatic carbocycles. The SMILES string of the molecule is O=C(O)CCOC[C@@H]1CCCO1. The van der Waals surface area contributed by atoms with E-state index < -0.39 is 5.97 Å². The van der Waals surface area contributed by atoms with Crippen LogP contribution in [-0.2, 0) is 14.3 Å². The lowest BCUT2D eigenvalue weighted by Gasteiger charge is -2.08. The Morgan fingerprint density at radius 2 is 2.50 bits per heavy atom. The fourth-order valence-corrected chi connectivity index (χ4v) is 1.15. The van der Waals surface area contributed by atoms with Gasteiger partial charge in [0.2, 0.25) is 0 Å². The maximum absolute atomic E-state index is 10.1. The van der Waals surface area contributed by atoms with Crippen LogP contribution in [0.2, 0.25) is 0 Å². The van der Waals surface area contributed by atoms with Crippen LogP contribution in [0.3, 0.4) is 0 Å². The molecule has 0 aromatic heterocycles. The fraction of sp³-hybridized carbons (Fsp3) is 0.875. The Bertz CT molecular complexity index is 140. The molecule has 1 saturated heterocycles. The molecule has 1 fully saturated rings. The number of carboxylic acids is 1. The Kier molecular flexibility index (Phi) is 4.04. The average Bonchev–Trinajstić information content (AvgIpc) is 2.49. The molecule has 0 radical (unpaired) electrons. The zero-order valence-corrected chi connectivity index (χ0v) is 6.99. The highest BCUT2D eigenvalue weighted by Crippen LogP contribution is 2.11. The van der Waals surface area contributed by atoms with Crippen molar-refractivity contribution in [1.29, 1.82) is 0 Å². The van der Waals surface area contributed by atoms with Crippen LogP contribution in [-0.4, -0.2) is 37.0 Å². The van der Waals surface area contributed by atoms with E-state index in [-0.39, 0.29) is 19.1 Å². The summed E-state index contributed by atoms with van der Waals surface area (Å²) in [5, 5.41) is 8.29. The normalized spacial score (nSPS) is 22.8. The van der Waals surface area contributed by atoms with Crippen LogP contribution in [0.4, 0.5) is 0 Å². The molecule has 1 heterocycles. The number of hydrogen-bond donors (Lipinski definition) is 1. The maximum Gasteiger partial charge on any atom is 0.305 e. The third-order valence-electron chi connectivity index (χ3n) is 1.79. The second-order valence-corrected chi connectivity index (χ2v) is 2.85. The number of hydrogen-bond acceptors (Lipinski definition) is 3. The zero-order valence-electron chi connectivity index (χ0n) is 6.99. The maximum atomic E-state index is 10.1. The minimum Gasteiger partial charge on any atom is -0.481 e. The third-order valence-corrected chi connectivity index (χ3v) is 1.79. The van der Waals surface area contributed by atoms with Gasteiger partial charge in [-0.05, 0) is 12.8 Å². The summed E-state index contributed by atoms with van der Waals surface area (Å²) in [6.45, 7) is 1.63. The summed E-state index contributed by atoms with van der Waals surface area (Å²) in [4.78, 5) is 10.1. The van der Waals surface area contributed by atoms with E-state index >= 15 is 0 Å². The van der Waals surface area contributed by atoms with Crippen molar-refractivity contribution in [3.63, 3.8) is 0 Å². The van der Waals surface area contributed by atoms with Gasteiger partial charge >= 0.3 is 5.97 Å². The van der Waals surface area contributed by atoms with Crippen LogP contribution in [0.1, 0.15) is 19.3 Å². The second-order valence-electron chi connectivity index (χ2n) is 2.85. The van der Waals surface area contributed by atoms with Crippen molar-refractivity contribution in [1.82, 2.24) is 0 Å². The number of carbonyl (C=O) groups is 1. The molecule has 1 aliphatic heterocycles. The van der Waals surface area contributed by atoms with E-state index in [4.69, 9.17) is 14.6 Å². The summed E-state index contributed by atoms with van der Waals surface area (Å²) >= 11 is 0. The van der Waals surface area contributed by atoms with Crippen LogP contribution in [0.5, 0.6) is 0 Å². The number of aliphatic carboxylic acids is 1. The summed E-state index contributed by atoms with van der Waals surface area (Å²) in [7, 11) is 0. The summed E-state index contributed by atoms with van der Waals surface area (Å²) in [6.07, 6.45) is 2.39. The van der Waals surface area contributed by atoms with Gasteiger partial charge in [-0.15, -0.1) is 0 Å². The molecular weight excluding hydrogens is 160 g/mol. The molecule has 0 amide bonds. The first kappa shape index (κ1) is 9.48. The zero-order chi connectivity index (χ0) is 8.81. The van der Waals surface area contributed by atoms with Gasteiger partial charge in [-0.1, -0.05) is 0 Å². The van der Waals surface area contributed by atoms with E-state index in [1.165, 1.54) is 0 Å². The Morgan fingerprint density at radius 3 is 3.08 bits per heavy atom. The Labute approximate surface area is 71.5 Å². The van der Waals surface area contributed by atoms with Crippen LogP contribution in [0, 0.1) is 0 Å². The first-order chi connectivity index (χ1) is 5.79. The molecule has 12 heavy (non-hydrogen) atoms. The van der Waals surface area contributed by atoms with E-state index in [0.717, 1.165) is 19.4 Å². The van der Waals surface area contributed by atoms with Crippen molar-refractivity contribution in [2.45, 2.75) is 25.4 Å².